The number of hydrogen-bond acceptors (Lipinski definition) is 5. The lowest BCUT2D eigenvalue weighted by Gasteiger charge is -2.17. The molecule has 0 saturated carbocycles. The largest absolute Gasteiger partial charge is 0.496 e. The van der Waals surface area contributed by atoms with Gasteiger partial charge < -0.3 is 15.8 Å². The maximum atomic E-state index is 13.3. The van der Waals surface area contributed by atoms with Gasteiger partial charge in [0.05, 0.1) is 12.0 Å². The third-order valence-corrected chi connectivity index (χ3v) is 3.73. The number of benzene rings is 2. The molecule has 0 bridgehead atoms. The Morgan fingerprint density at radius 2 is 1.93 bits per heavy atom. The number of halogens is 2. The van der Waals surface area contributed by atoms with Crippen molar-refractivity contribution in [2.75, 3.05) is 7.11 Å². The van der Waals surface area contributed by atoms with Crippen molar-refractivity contribution in [1.29, 1.82) is 0 Å². The van der Waals surface area contributed by atoms with Crippen molar-refractivity contribution in [2.24, 2.45) is 5.73 Å². The highest BCUT2D eigenvalue weighted by Gasteiger charge is 2.23. The summed E-state index contributed by atoms with van der Waals surface area (Å²) in [4.78, 5) is 34.2. The summed E-state index contributed by atoms with van der Waals surface area (Å²) in [6.45, 7) is 0. The molecule has 2 aromatic carbocycles. The number of primary amides is 1. The Kier molecular flexibility index (Phi) is 6.01. The first-order chi connectivity index (χ1) is 12.7. The van der Waals surface area contributed by atoms with Gasteiger partial charge in [-0.3, -0.25) is 19.7 Å². The van der Waals surface area contributed by atoms with Crippen LogP contribution in [0, 0.1) is 21.7 Å². The number of non-ortho nitro benzene ring substituents is 1. The SMILES string of the molecule is COc1ccc([N+](=O)[O-])cc1C[C@@H](NC(=O)c1ccc(F)c(F)c1)C(N)=O. The van der Waals surface area contributed by atoms with Gasteiger partial charge in [-0.2, -0.15) is 0 Å². The molecule has 0 unspecified atom stereocenters. The number of nitro benzene ring substituents is 1. The number of nitro groups is 1. The van der Waals surface area contributed by atoms with Crippen LogP contribution >= 0.6 is 0 Å². The molecule has 10 heteroatoms. The normalized spacial score (nSPS) is 11.5. The maximum absolute atomic E-state index is 13.3. The minimum Gasteiger partial charge on any atom is -0.496 e. The molecule has 2 amide bonds. The van der Waals surface area contributed by atoms with E-state index in [0.29, 0.717) is 6.07 Å². The van der Waals surface area contributed by atoms with E-state index in [1.807, 2.05) is 0 Å². The van der Waals surface area contributed by atoms with E-state index in [1.54, 1.807) is 0 Å². The van der Waals surface area contributed by atoms with Crippen molar-refractivity contribution < 1.29 is 28.0 Å². The second-order valence-corrected chi connectivity index (χ2v) is 5.51. The standard InChI is InChI=1S/C17H15F2N3O5/c1-27-15-5-3-11(22(25)26)6-10(15)8-14(16(20)23)21-17(24)9-2-4-12(18)13(19)7-9/h2-7,14H,8H2,1H3,(H2,20,23)(H,21,24)/t14-/m1/s1. The van der Waals surface area contributed by atoms with Crippen LogP contribution in [-0.2, 0) is 11.2 Å². The van der Waals surface area contributed by atoms with Crippen LogP contribution in [0.5, 0.6) is 5.75 Å². The summed E-state index contributed by atoms with van der Waals surface area (Å²) in [5, 5.41) is 13.2. The van der Waals surface area contributed by atoms with Gasteiger partial charge in [0.2, 0.25) is 5.91 Å². The molecule has 3 N–H and O–H groups in total. The van der Waals surface area contributed by atoms with E-state index < -0.39 is 34.4 Å². The molecule has 1 atom stereocenters. The Balaban J connectivity index is 2.26. The van der Waals surface area contributed by atoms with Crippen molar-refractivity contribution in [3.05, 3.63) is 69.3 Å². The van der Waals surface area contributed by atoms with E-state index in [4.69, 9.17) is 10.5 Å². The van der Waals surface area contributed by atoms with Crippen molar-refractivity contribution >= 4 is 17.5 Å². The Labute approximate surface area is 152 Å². The fourth-order valence-corrected chi connectivity index (χ4v) is 2.36. The lowest BCUT2D eigenvalue weighted by Crippen LogP contribution is -2.46. The molecular weight excluding hydrogens is 364 g/mol. The predicted octanol–water partition coefficient (Wildman–Crippen LogP) is 1.71. The molecule has 0 aliphatic carbocycles. The lowest BCUT2D eigenvalue weighted by molar-refractivity contribution is -0.384. The molecule has 0 heterocycles. The van der Waals surface area contributed by atoms with E-state index >= 15 is 0 Å². The quantitative estimate of drug-likeness (QED) is 0.560. The number of amides is 2. The average molecular weight is 379 g/mol. The number of nitrogens with two attached hydrogens (primary N) is 1. The predicted molar refractivity (Wildman–Crippen MR) is 90.2 cm³/mol. The molecule has 0 spiro atoms. The van der Waals surface area contributed by atoms with Crippen LogP contribution in [0.4, 0.5) is 14.5 Å². The topological polar surface area (TPSA) is 125 Å². The fourth-order valence-electron chi connectivity index (χ4n) is 2.36. The van der Waals surface area contributed by atoms with Gasteiger partial charge in [-0.1, -0.05) is 0 Å². The molecule has 8 nitrogen and oxygen atoms in total. The van der Waals surface area contributed by atoms with Crippen molar-refractivity contribution in [1.82, 2.24) is 5.32 Å². The molecule has 0 aliphatic rings. The summed E-state index contributed by atoms with van der Waals surface area (Å²) in [5.74, 6) is -3.87. The highest BCUT2D eigenvalue weighted by Crippen LogP contribution is 2.25. The molecule has 0 aromatic heterocycles. The first kappa shape index (κ1) is 19.8. The van der Waals surface area contributed by atoms with Gasteiger partial charge in [0, 0.05) is 29.7 Å². The summed E-state index contributed by atoms with van der Waals surface area (Å²) in [6.07, 6.45) is -0.199. The van der Waals surface area contributed by atoms with Crippen LogP contribution in [0.1, 0.15) is 15.9 Å². The van der Waals surface area contributed by atoms with E-state index in [0.717, 1.165) is 12.1 Å². The molecular formula is C17H15F2N3O5. The van der Waals surface area contributed by atoms with E-state index in [1.165, 1.54) is 25.3 Å². The zero-order valence-corrected chi connectivity index (χ0v) is 14.1. The number of rotatable bonds is 7. The number of nitrogens with zero attached hydrogens (tertiary/aromatic N) is 1. The minimum atomic E-state index is -1.26. The first-order valence-corrected chi connectivity index (χ1v) is 7.59. The number of methoxy groups -OCH3 is 1. The molecule has 27 heavy (non-hydrogen) atoms. The van der Waals surface area contributed by atoms with Gasteiger partial charge in [-0.25, -0.2) is 8.78 Å². The Bertz CT molecular complexity index is 904. The Hall–Kier alpha value is -3.56. The first-order valence-electron chi connectivity index (χ1n) is 7.59. The minimum absolute atomic E-state index is 0.199. The van der Waals surface area contributed by atoms with E-state index in [9.17, 15) is 28.5 Å². The highest BCUT2D eigenvalue weighted by atomic mass is 19.2. The third kappa shape index (κ3) is 4.75. The molecule has 0 saturated heterocycles. The fraction of sp³-hybridized carbons (Fsp3) is 0.176. The third-order valence-electron chi connectivity index (χ3n) is 3.73. The second kappa shape index (κ2) is 8.21. The van der Waals surface area contributed by atoms with Gasteiger partial charge in [0.25, 0.3) is 11.6 Å². The molecule has 0 radical (unpaired) electrons. The lowest BCUT2D eigenvalue weighted by atomic mass is 10.0. The number of carbonyl (C=O) groups is 2. The van der Waals surface area contributed by atoms with Crippen LogP contribution in [0.25, 0.3) is 0 Å². The van der Waals surface area contributed by atoms with Crippen LogP contribution in [0.2, 0.25) is 0 Å². The summed E-state index contributed by atoms with van der Waals surface area (Å²) in [7, 11) is 1.34. The zero-order valence-electron chi connectivity index (χ0n) is 14.1. The molecule has 2 rings (SSSR count). The number of carbonyl (C=O) groups excluding carboxylic acids is 2. The van der Waals surface area contributed by atoms with Crippen molar-refractivity contribution in [3.63, 3.8) is 0 Å². The molecule has 0 fully saturated rings. The van der Waals surface area contributed by atoms with Gasteiger partial charge in [0.1, 0.15) is 11.8 Å². The van der Waals surface area contributed by atoms with Gasteiger partial charge in [-0.15, -0.1) is 0 Å². The van der Waals surface area contributed by atoms with Crippen LogP contribution in [0.15, 0.2) is 36.4 Å². The highest BCUT2D eigenvalue weighted by molar-refractivity contribution is 5.97. The van der Waals surface area contributed by atoms with E-state index in [-0.39, 0.29) is 29.0 Å². The van der Waals surface area contributed by atoms with Crippen LogP contribution < -0.4 is 15.8 Å². The van der Waals surface area contributed by atoms with Crippen LogP contribution in [0.3, 0.4) is 0 Å². The average Bonchev–Trinajstić information content (AvgIpc) is 2.62. The zero-order chi connectivity index (χ0) is 20.1. The van der Waals surface area contributed by atoms with Gasteiger partial charge in [-0.05, 0) is 24.3 Å². The number of hydrogen-bond donors (Lipinski definition) is 2. The smallest absolute Gasteiger partial charge is 0.269 e. The van der Waals surface area contributed by atoms with Crippen molar-refractivity contribution in [2.45, 2.75) is 12.5 Å². The molecule has 0 aliphatic heterocycles. The Morgan fingerprint density at radius 1 is 1.22 bits per heavy atom. The number of nitrogens with one attached hydrogen (secondary N) is 1. The summed E-state index contributed by atoms with van der Waals surface area (Å²) < 4.78 is 31.4. The van der Waals surface area contributed by atoms with E-state index in [2.05, 4.69) is 5.32 Å². The summed E-state index contributed by atoms with van der Waals surface area (Å²) in [5.41, 5.74) is 5.11. The molecule has 2 aromatic rings. The van der Waals surface area contributed by atoms with Gasteiger partial charge in [0.15, 0.2) is 11.6 Å². The maximum Gasteiger partial charge on any atom is 0.269 e. The van der Waals surface area contributed by atoms with Crippen LogP contribution in [-0.4, -0.2) is 29.9 Å². The summed E-state index contributed by atoms with van der Waals surface area (Å²) in [6, 6.07) is 4.99. The Morgan fingerprint density at radius 3 is 2.48 bits per heavy atom. The summed E-state index contributed by atoms with van der Waals surface area (Å²) >= 11 is 0. The monoisotopic (exact) mass is 379 g/mol. The molecule has 142 valence electrons. The second-order valence-electron chi connectivity index (χ2n) is 5.51. The van der Waals surface area contributed by atoms with Crippen molar-refractivity contribution in [3.8, 4) is 5.75 Å². The number of ether oxygens (including phenoxy) is 1. The van der Waals surface area contributed by atoms with Gasteiger partial charge >= 0.3 is 0 Å².